The maximum absolute atomic E-state index is 13.9. The van der Waals surface area contributed by atoms with Gasteiger partial charge in [0.25, 0.3) is 5.91 Å². The van der Waals surface area contributed by atoms with Gasteiger partial charge in [0.05, 0.1) is 23.1 Å². The molecule has 0 spiro atoms. The van der Waals surface area contributed by atoms with Crippen molar-refractivity contribution in [2.75, 3.05) is 31.1 Å². The topological polar surface area (TPSA) is 41.4 Å². The van der Waals surface area contributed by atoms with Crippen molar-refractivity contribution in [2.24, 2.45) is 7.05 Å². The zero-order chi connectivity index (χ0) is 22.2. The van der Waals surface area contributed by atoms with Gasteiger partial charge in [0.1, 0.15) is 0 Å². The summed E-state index contributed by atoms with van der Waals surface area (Å²) in [7, 11) is 2.07. The number of nitrogens with zero attached hydrogens (tertiary/aromatic N) is 4. The minimum absolute atomic E-state index is 0.114. The van der Waals surface area contributed by atoms with Crippen LogP contribution in [-0.4, -0.2) is 46.5 Å². The zero-order valence-electron chi connectivity index (χ0n) is 18.9. The number of carbonyl (C=O) groups excluding carboxylic acids is 1. The van der Waals surface area contributed by atoms with Crippen molar-refractivity contribution < 1.29 is 4.79 Å². The number of anilines is 1. The Bertz CT molecular complexity index is 1270. The van der Waals surface area contributed by atoms with Crippen LogP contribution >= 0.6 is 0 Å². The molecular formula is C27H28N4O. The Morgan fingerprint density at radius 1 is 0.906 bits per heavy atom. The smallest absolute Gasteiger partial charge is 0.256 e. The molecule has 5 heteroatoms. The number of amides is 1. The average Bonchev–Trinajstić information content (AvgIpc) is 3.11. The number of aromatic nitrogens is 2. The summed E-state index contributed by atoms with van der Waals surface area (Å²) in [5.74, 6) is 0.114. The molecule has 5 nitrogen and oxygen atoms in total. The van der Waals surface area contributed by atoms with Gasteiger partial charge in [-0.3, -0.25) is 9.78 Å². The van der Waals surface area contributed by atoms with Crippen LogP contribution in [-0.2, 0) is 7.05 Å². The van der Waals surface area contributed by atoms with Crippen LogP contribution in [0.2, 0.25) is 0 Å². The molecule has 1 aliphatic heterocycles. The maximum atomic E-state index is 13.9. The second-order valence-corrected chi connectivity index (χ2v) is 8.59. The summed E-state index contributed by atoms with van der Waals surface area (Å²) < 4.78 is 2.18. The van der Waals surface area contributed by atoms with E-state index in [0.717, 1.165) is 46.5 Å². The number of hydrogen-bond acceptors (Lipinski definition) is 3. The molecule has 0 aliphatic carbocycles. The molecule has 1 aliphatic rings. The van der Waals surface area contributed by atoms with E-state index in [4.69, 9.17) is 0 Å². The molecule has 0 N–H and O–H groups in total. The summed E-state index contributed by atoms with van der Waals surface area (Å²) in [6, 6.07) is 18.7. The fourth-order valence-electron chi connectivity index (χ4n) is 4.71. The highest BCUT2D eigenvalue weighted by atomic mass is 16.2. The molecule has 5 rings (SSSR count). The number of hydrogen-bond donors (Lipinski definition) is 0. The minimum atomic E-state index is 0.114. The number of rotatable bonds is 3. The number of fused-ring (bicyclic) bond motifs is 1. The van der Waals surface area contributed by atoms with Crippen molar-refractivity contribution in [3.05, 3.63) is 83.7 Å². The first kappa shape index (κ1) is 20.3. The highest BCUT2D eigenvalue weighted by Gasteiger charge is 2.29. The van der Waals surface area contributed by atoms with Gasteiger partial charge in [-0.15, -0.1) is 0 Å². The van der Waals surface area contributed by atoms with Crippen LogP contribution in [0.25, 0.3) is 22.2 Å². The Labute approximate surface area is 188 Å². The summed E-state index contributed by atoms with van der Waals surface area (Å²) in [6.45, 7) is 7.25. The molecule has 1 saturated heterocycles. The lowest BCUT2D eigenvalue weighted by molar-refractivity contribution is 0.0749. The highest BCUT2D eigenvalue weighted by molar-refractivity contribution is 6.13. The molecule has 0 saturated carbocycles. The Morgan fingerprint density at radius 2 is 1.62 bits per heavy atom. The third-order valence-electron chi connectivity index (χ3n) is 6.65. The summed E-state index contributed by atoms with van der Waals surface area (Å²) in [5, 5.41) is 1.04. The first-order valence-electron chi connectivity index (χ1n) is 11.1. The average molecular weight is 425 g/mol. The SMILES string of the molecule is Cc1cc2c(C(=O)N3CCN(c4cccnc4)CC3)c(-c3ccccc3)n(C)c2cc1C. The molecular weight excluding hydrogens is 396 g/mol. The normalized spacial score (nSPS) is 14.2. The zero-order valence-corrected chi connectivity index (χ0v) is 18.9. The Hall–Kier alpha value is -3.60. The quantitative estimate of drug-likeness (QED) is 0.474. The molecule has 0 bridgehead atoms. The van der Waals surface area contributed by atoms with Crippen molar-refractivity contribution in [1.82, 2.24) is 14.5 Å². The Morgan fingerprint density at radius 3 is 2.31 bits per heavy atom. The molecule has 32 heavy (non-hydrogen) atoms. The lowest BCUT2D eigenvalue weighted by atomic mass is 10.0. The van der Waals surface area contributed by atoms with E-state index in [1.165, 1.54) is 11.1 Å². The number of carbonyl (C=O) groups is 1. The van der Waals surface area contributed by atoms with E-state index in [1.54, 1.807) is 6.20 Å². The summed E-state index contributed by atoms with van der Waals surface area (Å²) >= 11 is 0. The van der Waals surface area contributed by atoms with Gasteiger partial charge in [-0.1, -0.05) is 30.3 Å². The van der Waals surface area contributed by atoms with Crippen LogP contribution in [0, 0.1) is 13.8 Å². The Balaban J connectivity index is 1.54. The van der Waals surface area contributed by atoms with Crippen LogP contribution in [0.1, 0.15) is 21.5 Å². The van der Waals surface area contributed by atoms with Gasteiger partial charge < -0.3 is 14.4 Å². The van der Waals surface area contributed by atoms with Crippen LogP contribution < -0.4 is 4.90 Å². The van der Waals surface area contributed by atoms with E-state index in [-0.39, 0.29) is 5.91 Å². The first-order valence-corrected chi connectivity index (χ1v) is 11.1. The third kappa shape index (κ3) is 3.44. The van der Waals surface area contributed by atoms with Crippen molar-refractivity contribution in [3.63, 3.8) is 0 Å². The molecule has 4 aromatic rings. The number of benzene rings is 2. The largest absolute Gasteiger partial charge is 0.367 e. The molecule has 0 atom stereocenters. The minimum Gasteiger partial charge on any atom is -0.367 e. The van der Waals surface area contributed by atoms with E-state index in [2.05, 4.69) is 65.7 Å². The van der Waals surface area contributed by atoms with E-state index in [9.17, 15) is 4.79 Å². The summed E-state index contributed by atoms with van der Waals surface area (Å²) in [5.41, 5.74) is 7.53. The van der Waals surface area contributed by atoms with Gasteiger partial charge in [0, 0.05) is 50.3 Å². The number of aryl methyl sites for hydroxylation is 3. The Kier molecular flexibility index (Phi) is 5.17. The fraction of sp³-hybridized carbons (Fsp3) is 0.259. The van der Waals surface area contributed by atoms with Gasteiger partial charge in [-0.25, -0.2) is 0 Å². The molecule has 162 valence electrons. The molecule has 2 aromatic carbocycles. The summed E-state index contributed by atoms with van der Waals surface area (Å²) in [6.07, 6.45) is 3.68. The van der Waals surface area contributed by atoms with Gasteiger partial charge in [-0.2, -0.15) is 0 Å². The van der Waals surface area contributed by atoms with E-state index in [0.29, 0.717) is 13.1 Å². The van der Waals surface area contributed by atoms with Crippen LogP contribution in [0.3, 0.4) is 0 Å². The molecule has 0 unspecified atom stereocenters. The monoisotopic (exact) mass is 424 g/mol. The van der Waals surface area contributed by atoms with Gasteiger partial charge in [-0.05, 0) is 54.8 Å². The maximum Gasteiger partial charge on any atom is 0.256 e. The molecule has 3 heterocycles. The van der Waals surface area contributed by atoms with Crippen molar-refractivity contribution in [1.29, 1.82) is 0 Å². The molecule has 1 amide bonds. The van der Waals surface area contributed by atoms with Crippen molar-refractivity contribution in [3.8, 4) is 11.3 Å². The van der Waals surface area contributed by atoms with Crippen LogP contribution in [0.15, 0.2) is 67.0 Å². The summed E-state index contributed by atoms with van der Waals surface area (Å²) in [4.78, 5) is 22.5. The predicted octanol–water partition coefficient (Wildman–Crippen LogP) is 4.82. The molecule has 2 aromatic heterocycles. The van der Waals surface area contributed by atoms with Crippen LogP contribution in [0.4, 0.5) is 5.69 Å². The second kappa shape index (κ2) is 8.15. The van der Waals surface area contributed by atoms with E-state index in [1.807, 2.05) is 35.4 Å². The van der Waals surface area contributed by atoms with E-state index < -0.39 is 0 Å². The lowest BCUT2D eigenvalue weighted by Gasteiger charge is -2.36. The van der Waals surface area contributed by atoms with Gasteiger partial charge >= 0.3 is 0 Å². The fourth-order valence-corrected chi connectivity index (χ4v) is 4.71. The lowest BCUT2D eigenvalue weighted by Crippen LogP contribution is -2.48. The first-order chi connectivity index (χ1) is 15.5. The molecule has 0 radical (unpaired) electrons. The standard InChI is InChI=1S/C27H28N4O/c1-19-16-23-24(17-20(19)2)29(3)26(21-8-5-4-6-9-21)25(23)27(32)31-14-12-30(13-15-31)22-10-7-11-28-18-22/h4-11,16-18H,12-15H2,1-3H3. The second-order valence-electron chi connectivity index (χ2n) is 8.59. The van der Waals surface area contributed by atoms with E-state index >= 15 is 0 Å². The van der Waals surface area contributed by atoms with Crippen molar-refractivity contribution in [2.45, 2.75) is 13.8 Å². The molecule has 1 fully saturated rings. The highest BCUT2D eigenvalue weighted by Crippen LogP contribution is 2.35. The third-order valence-corrected chi connectivity index (χ3v) is 6.65. The number of pyridine rings is 1. The van der Waals surface area contributed by atoms with Crippen molar-refractivity contribution >= 4 is 22.5 Å². The predicted molar refractivity (Wildman–Crippen MR) is 130 cm³/mol. The van der Waals surface area contributed by atoms with Gasteiger partial charge in [0.2, 0.25) is 0 Å². The number of piperazine rings is 1. The van der Waals surface area contributed by atoms with Gasteiger partial charge in [0.15, 0.2) is 0 Å². The van der Waals surface area contributed by atoms with Crippen LogP contribution in [0.5, 0.6) is 0 Å².